The Morgan fingerprint density at radius 3 is 2.92 bits per heavy atom. The van der Waals surface area contributed by atoms with Crippen LogP contribution in [0.1, 0.15) is 42.3 Å². The molecule has 1 aromatic heterocycles. The van der Waals surface area contributed by atoms with Crippen LogP contribution in [0.25, 0.3) is 11.0 Å². The van der Waals surface area contributed by atoms with Gasteiger partial charge in [-0.25, -0.2) is 0 Å². The molecule has 1 atom stereocenters. The Hall–Kier alpha value is -2.50. The molecule has 2 aromatic rings. The van der Waals surface area contributed by atoms with Crippen molar-refractivity contribution in [2.75, 3.05) is 20.2 Å². The van der Waals surface area contributed by atoms with E-state index >= 15 is 0 Å². The Bertz CT molecular complexity index is 796. The zero-order chi connectivity index (χ0) is 18.0. The summed E-state index contributed by atoms with van der Waals surface area (Å²) in [5, 5.41) is 3.87. The second-order valence-electron chi connectivity index (χ2n) is 6.40. The lowest BCUT2D eigenvalue weighted by molar-refractivity contribution is -0.121. The molecule has 6 nitrogen and oxygen atoms in total. The quantitative estimate of drug-likeness (QED) is 0.926. The lowest BCUT2D eigenvalue weighted by Crippen LogP contribution is -2.49. The second kappa shape index (κ2) is 7.17. The predicted molar refractivity (Wildman–Crippen MR) is 94.9 cm³/mol. The highest BCUT2D eigenvalue weighted by Gasteiger charge is 2.29. The molecule has 6 heteroatoms. The van der Waals surface area contributed by atoms with Crippen molar-refractivity contribution in [2.45, 2.75) is 39.2 Å². The van der Waals surface area contributed by atoms with Gasteiger partial charge in [-0.15, -0.1) is 0 Å². The average molecular weight is 344 g/mol. The smallest absolute Gasteiger partial charge is 0.289 e. The summed E-state index contributed by atoms with van der Waals surface area (Å²) < 4.78 is 11.2. The summed E-state index contributed by atoms with van der Waals surface area (Å²) in [5.74, 6) is 0.850. The van der Waals surface area contributed by atoms with Crippen LogP contribution >= 0.6 is 0 Å². The number of hydrogen-bond donors (Lipinski definition) is 1. The molecule has 2 amide bonds. The van der Waals surface area contributed by atoms with Gasteiger partial charge >= 0.3 is 0 Å². The molecule has 3 rings (SSSR count). The summed E-state index contributed by atoms with van der Waals surface area (Å²) in [4.78, 5) is 26.4. The number of hydrogen-bond acceptors (Lipinski definition) is 4. The maximum absolute atomic E-state index is 13.0. The number of para-hydroxylation sites is 1. The van der Waals surface area contributed by atoms with Crippen molar-refractivity contribution in [1.82, 2.24) is 10.2 Å². The van der Waals surface area contributed by atoms with E-state index in [4.69, 9.17) is 9.15 Å². The molecule has 134 valence electrons. The first kappa shape index (κ1) is 17.3. The third-order valence-corrected chi connectivity index (χ3v) is 4.74. The van der Waals surface area contributed by atoms with Crippen molar-refractivity contribution >= 4 is 22.8 Å². The van der Waals surface area contributed by atoms with E-state index in [1.807, 2.05) is 32.0 Å². The fourth-order valence-corrected chi connectivity index (χ4v) is 3.33. The molecular weight excluding hydrogens is 320 g/mol. The molecule has 25 heavy (non-hydrogen) atoms. The zero-order valence-corrected chi connectivity index (χ0v) is 14.9. The Morgan fingerprint density at radius 1 is 1.40 bits per heavy atom. The van der Waals surface area contributed by atoms with Gasteiger partial charge in [0.05, 0.1) is 7.11 Å². The first-order valence-electron chi connectivity index (χ1n) is 8.69. The zero-order valence-electron chi connectivity index (χ0n) is 14.9. The number of piperidine rings is 1. The maximum Gasteiger partial charge on any atom is 0.289 e. The van der Waals surface area contributed by atoms with Crippen LogP contribution < -0.4 is 10.1 Å². The number of aryl methyl sites for hydroxylation is 1. The highest BCUT2D eigenvalue weighted by atomic mass is 16.5. The standard InChI is InChI=1S/C19H24N2O4/c1-4-16(22)20-13-7-6-10-21(11-13)19(23)17-12(2)14-8-5-9-15(24-3)18(14)25-17/h5,8-9,13H,4,6-7,10-11H2,1-3H3,(H,20,22). The molecule has 2 heterocycles. The van der Waals surface area contributed by atoms with E-state index in [0.29, 0.717) is 36.6 Å². The number of rotatable bonds is 4. The van der Waals surface area contributed by atoms with Gasteiger partial charge in [0, 0.05) is 36.5 Å². The van der Waals surface area contributed by atoms with Crippen LogP contribution in [-0.4, -0.2) is 43.0 Å². The molecule has 0 bridgehead atoms. The number of carbonyl (C=O) groups excluding carboxylic acids is 2. The topological polar surface area (TPSA) is 71.8 Å². The van der Waals surface area contributed by atoms with Gasteiger partial charge in [-0.1, -0.05) is 19.1 Å². The van der Waals surface area contributed by atoms with E-state index in [0.717, 1.165) is 23.8 Å². The molecule has 0 aliphatic carbocycles. The Kier molecular flexibility index (Phi) is 4.97. The summed E-state index contributed by atoms with van der Waals surface area (Å²) in [6, 6.07) is 5.63. The normalized spacial score (nSPS) is 17.6. The van der Waals surface area contributed by atoms with E-state index in [-0.39, 0.29) is 17.9 Å². The minimum absolute atomic E-state index is 0.00405. The molecule has 1 N–H and O–H groups in total. The van der Waals surface area contributed by atoms with Gasteiger partial charge in [-0.05, 0) is 25.8 Å². The van der Waals surface area contributed by atoms with Crippen LogP contribution in [-0.2, 0) is 4.79 Å². The van der Waals surface area contributed by atoms with Crippen LogP contribution in [0.15, 0.2) is 22.6 Å². The van der Waals surface area contributed by atoms with E-state index in [1.54, 1.807) is 12.0 Å². The van der Waals surface area contributed by atoms with Crippen molar-refractivity contribution in [3.8, 4) is 5.75 Å². The number of benzene rings is 1. The number of ether oxygens (including phenoxy) is 1. The highest BCUT2D eigenvalue weighted by molar-refractivity contribution is 6.00. The van der Waals surface area contributed by atoms with Crippen molar-refractivity contribution in [1.29, 1.82) is 0 Å². The van der Waals surface area contributed by atoms with Gasteiger partial charge in [-0.2, -0.15) is 0 Å². The second-order valence-corrected chi connectivity index (χ2v) is 6.40. The summed E-state index contributed by atoms with van der Waals surface area (Å²) in [7, 11) is 1.58. The van der Waals surface area contributed by atoms with E-state index in [2.05, 4.69) is 5.32 Å². The predicted octanol–water partition coefficient (Wildman–Crippen LogP) is 2.88. The van der Waals surface area contributed by atoms with Crippen LogP contribution in [0.5, 0.6) is 5.75 Å². The Balaban J connectivity index is 1.84. The number of furan rings is 1. The van der Waals surface area contributed by atoms with Crippen LogP contribution in [0.2, 0.25) is 0 Å². The summed E-state index contributed by atoms with van der Waals surface area (Å²) >= 11 is 0. The van der Waals surface area contributed by atoms with Crippen LogP contribution in [0, 0.1) is 6.92 Å². The van der Waals surface area contributed by atoms with Gasteiger partial charge in [0.15, 0.2) is 17.1 Å². The van der Waals surface area contributed by atoms with E-state index in [9.17, 15) is 9.59 Å². The van der Waals surface area contributed by atoms with Crippen molar-refractivity contribution in [2.24, 2.45) is 0 Å². The van der Waals surface area contributed by atoms with Crippen molar-refractivity contribution < 1.29 is 18.7 Å². The lowest BCUT2D eigenvalue weighted by atomic mass is 10.0. The fourth-order valence-electron chi connectivity index (χ4n) is 3.33. The summed E-state index contributed by atoms with van der Waals surface area (Å²) in [6.07, 6.45) is 2.21. The largest absolute Gasteiger partial charge is 0.493 e. The number of nitrogens with zero attached hydrogens (tertiary/aromatic N) is 1. The fraction of sp³-hybridized carbons (Fsp3) is 0.474. The number of fused-ring (bicyclic) bond motifs is 1. The number of amides is 2. The number of carbonyl (C=O) groups is 2. The highest BCUT2D eigenvalue weighted by Crippen LogP contribution is 2.33. The Morgan fingerprint density at radius 2 is 2.20 bits per heavy atom. The van der Waals surface area contributed by atoms with Gasteiger partial charge in [0.25, 0.3) is 5.91 Å². The van der Waals surface area contributed by atoms with Crippen LogP contribution in [0.4, 0.5) is 0 Å². The van der Waals surface area contributed by atoms with Crippen molar-refractivity contribution in [3.63, 3.8) is 0 Å². The third-order valence-electron chi connectivity index (χ3n) is 4.74. The first-order valence-corrected chi connectivity index (χ1v) is 8.69. The summed E-state index contributed by atoms with van der Waals surface area (Å²) in [5.41, 5.74) is 1.41. The Labute approximate surface area is 147 Å². The molecule has 1 aromatic carbocycles. The first-order chi connectivity index (χ1) is 12.0. The van der Waals surface area contributed by atoms with Gasteiger partial charge < -0.3 is 19.4 Å². The van der Waals surface area contributed by atoms with Gasteiger partial charge in [-0.3, -0.25) is 9.59 Å². The number of likely N-dealkylation sites (tertiary alicyclic amines) is 1. The molecule has 1 saturated heterocycles. The molecule has 1 aliphatic rings. The van der Waals surface area contributed by atoms with E-state index in [1.165, 1.54) is 0 Å². The number of nitrogens with one attached hydrogen (secondary N) is 1. The molecule has 1 aliphatic heterocycles. The third kappa shape index (κ3) is 3.34. The lowest BCUT2D eigenvalue weighted by Gasteiger charge is -2.32. The molecular formula is C19H24N2O4. The van der Waals surface area contributed by atoms with Gasteiger partial charge in [0.2, 0.25) is 5.91 Å². The van der Waals surface area contributed by atoms with Gasteiger partial charge in [0.1, 0.15) is 0 Å². The van der Waals surface area contributed by atoms with Crippen LogP contribution in [0.3, 0.4) is 0 Å². The molecule has 1 fully saturated rings. The minimum atomic E-state index is -0.133. The SMILES string of the molecule is CCC(=O)NC1CCCN(C(=O)c2oc3c(OC)cccc3c2C)C1. The molecule has 1 unspecified atom stereocenters. The average Bonchev–Trinajstić information content (AvgIpc) is 2.98. The summed E-state index contributed by atoms with van der Waals surface area (Å²) in [6.45, 7) is 4.90. The number of methoxy groups -OCH3 is 1. The van der Waals surface area contributed by atoms with Crippen molar-refractivity contribution in [3.05, 3.63) is 29.5 Å². The molecule has 0 spiro atoms. The minimum Gasteiger partial charge on any atom is -0.493 e. The maximum atomic E-state index is 13.0. The monoisotopic (exact) mass is 344 g/mol. The molecule has 0 saturated carbocycles. The molecule has 0 radical (unpaired) electrons. The van der Waals surface area contributed by atoms with E-state index < -0.39 is 0 Å².